The molecule has 1 nitrogen and oxygen atoms in total. The highest BCUT2D eigenvalue weighted by Crippen LogP contribution is 2.35. The second kappa shape index (κ2) is 4.77. The molecule has 0 saturated carbocycles. The fourth-order valence-corrected chi connectivity index (χ4v) is 3.01. The largest absolute Gasteiger partial charge is 0.323 e. The summed E-state index contributed by atoms with van der Waals surface area (Å²) >= 11 is 5.29. The minimum absolute atomic E-state index is 0.171. The number of hydrogen-bond acceptors (Lipinski definition) is 2. The van der Waals surface area contributed by atoms with Crippen LogP contribution in [-0.4, -0.2) is 0 Å². The molecule has 1 heterocycles. The van der Waals surface area contributed by atoms with Gasteiger partial charge in [0.25, 0.3) is 0 Å². The van der Waals surface area contributed by atoms with Crippen molar-refractivity contribution < 1.29 is 0 Å². The van der Waals surface area contributed by atoms with E-state index in [2.05, 4.69) is 49.7 Å². The Morgan fingerprint density at radius 2 is 1.93 bits per heavy atom. The quantitative estimate of drug-likeness (QED) is 0.883. The highest BCUT2D eigenvalue weighted by molar-refractivity contribution is 9.11. The molecule has 2 N–H and O–H groups in total. The van der Waals surface area contributed by atoms with Crippen molar-refractivity contribution in [1.29, 1.82) is 0 Å². The Morgan fingerprint density at radius 3 is 2.29 bits per heavy atom. The molecule has 0 bridgehead atoms. The molecule has 0 spiro atoms. The first-order chi connectivity index (χ1) is 6.43. The number of thiophene rings is 1. The maximum atomic E-state index is 6.21. The molecule has 0 fully saturated rings. The average molecular weight is 276 g/mol. The third kappa shape index (κ3) is 2.59. The molecule has 80 valence electrons. The van der Waals surface area contributed by atoms with Crippen molar-refractivity contribution in [2.24, 2.45) is 17.6 Å². The van der Waals surface area contributed by atoms with Gasteiger partial charge in [0.15, 0.2) is 0 Å². The minimum atomic E-state index is 0.171. The molecule has 0 radical (unpaired) electrons. The number of rotatable bonds is 3. The van der Waals surface area contributed by atoms with Crippen LogP contribution in [0.1, 0.15) is 37.3 Å². The maximum Gasteiger partial charge on any atom is 0.0731 e. The second-order valence-electron chi connectivity index (χ2n) is 4.23. The third-order valence-corrected chi connectivity index (χ3v) is 5.06. The molecular formula is C11H18BrNS. The monoisotopic (exact) mass is 275 g/mol. The van der Waals surface area contributed by atoms with Crippen LogP contribution in [0.3, 0.4) is 0 Å². The van der Waals surface area contributed by atoms with Crippen molar-refractivity contribution in [3.63, 3.8) is 0 Å². The normalized spacial score (nSPS) is 15.9. The van der Waals surface area contributed by atoms with Gasteiger partial charge in [-0.3, -0.25) is 0 Å². The number of nitrogens with two attached hydrogens (primary N) is 1. The summed E-state index contributed by atoms with van der Waals surface area (Å²) in [6, 6.07) is 2.36. The second-order valence-corrected chi connectivity index (χ2v) is 6.64. The van der Waals surface area contributed by atoms with Gasteiger partial charge in [-0.15, -0.1) is 11.3 Å². The molecule has 2 atom stereocenters. The van der Waals surface area contributed by atoms with E-state index in [0.29, 0.717) is 11.8 Å². The molecule has 0 aliphatic heterocycles. The van der Waals surface area contributed by atoms with Crippen molar-refractivity contribution in [2.75, 3.05) is 0 Å². The number of aryl methyl sites for hydroxylation is 1. The standard InChI is InChI=1S/C11H18BrNS/c1-6(2)8(4)10(13)9-5-7(3)11(12)14-9/h5-6,8,10H,13H2,1-4H3. The minimum Gasteiger partial charge on any atom is -0.323 e. The summed E-state index contributed by atoms with van der Waals surface area (Å²) in [5.41, 5.74) is 7.50. The fourth-order valence-electron chi connectivity index (χ4n) is 1.32. The van der Waals surface area contributed by atoms with Gasteiger partial charge in [-0.05, 0) is 46.3 Å². The van der Waals surface area contributed by atoms with Crippen LogP contribution >= 0.6 is 27.3 Å². The number of halogens is 1. The van der Waals surface area contributed by atoms with Crippen LogP contribution in [0.5, 0.6) is 0 Å². The third-order valence-electron chi connectivity index (χ3n) is 2.82. The maximum absolute atomic E-state index is 6.21. The van der Waals surface area contributed by atoms with Crippen molar-refractivity contribution >= 4 is 27.3 Å². The zero-order valence-corrected chi connectivity index (χ0v) is 11.6. The fraction of sp³-hybridized carbons (Fsp3) is 0.636. The molecule has 1 aromatic rings. The molecule has 0 saturated heterocycles. The smallest absolute Gasteiger partial charge is 0.0731 e. The van der Waals surface area contributed by atoms with Gasteiger partial charge in [-0.1, -0.05) is 20.8 Å². The van der Waals surface area contributed by atoms with E-state index in [0.717, 1.165) is 0 Å². The lowest BCUT2D eigenvalue weighted by Crippen LogP contribution is -2.22. The van der Waals surface area contributed by atoms with E-state index in [9.17, 15) is 0 Å². The molecule has 0 aliphatic carbocycles. The van der Waals surface area contributed by atoms with Crippen LogP contribution in [-0.2, 0) is 0 Å². The zero-order chi connectivity index (χ0) is 10.9. The van der Waals surface area contributed by atoms with Crippen LogP contribution in [0.2, 0.25) is 0 Å². The van der Waals surface area contributed by atoms with Crippen molar-refractivity contribution in [3.8, 4) is 0 Å². The van der Waals surface area contributed by atoms with Crippen molar-refractivity contribution in [2.45, 2.75) is 33.7 Å². The average Bonchev–Trinajstić information content (AvgIpc) is 2.44. The first-order valence-corrected chi connectivity index (χ1v) is 6.55. The van der Waals surface area contributed by atoms with Gasteiger partial charge in [0.1, 0.15) is 0 Å². The SMILES string of the molecule is Cc1cc(C(N)C(C)C(C)C)sc1Br. The van der Waals surface area contributed by atoms with E-state index >= 15 is 0 Å². The van der Waals surface area contributed by atoms with Crippen molar-refractivity contribution in [3.05, 3.63) is 20.3 Å². The van der Waals surface area contributed by atoms with Gasteiger partial charge in [-0.2, -0.15) is 0 Å². The predicted octanol–water partition coefficient (Wildman–Crippen LogP) is 4.11. The molecule has 0 aromatic carbocycles. The summed E-state index contributed by atoms with van der Waals surface area (Å²) in [6.45, 7) is 8.77. The Balaban J connectivity index is 2.83. The summed E-state index contributed by atoms with van der Waals surface area (Å²) in [5, 5.41) is 0. The molecule has 1 rings (SSSR count). The lowest BCUT2D eigenvalue weighted by atomic mass is 9.90. The van der Waals surface area contributed by atoms with Gasteiger partial charge in [0.05, 0.1) is 3.79 Å². The Morgan fingerprint density at radius 1 is 1.36 bits per heavy atom. The van der Waals surface area contributed by atoms with Gasteiger partial charge in [0.2, 0.25) is 0 Å². The lowest BCUT2D eigenvalue weighted by molar-refractivity contribution is 0.355. The highest BCUT2D eigenvalue weighted by Gasteiger charge is 2.20. The lowest BCUT2D eigenvalue weighted by Gasteiger charge is -2.22. The Bertz CT molecular complexity index is 287. The molecule has 2 unspecified atom stereocenters. The highest BCUT2D eigenvalue weighted by atomic mass is 79.9. The van der Waals surface area contributed by atoms with E-state index < -0.39 is 0 Å². The topological polar surface area (TPSA) is 26.0 Å². The van der Waals surface area contributed by atoms with Gasteiger partial charge < -0.3 is 5.73 Å². The molecule has 0 aliphatic rings. The summed E-state index contributed by atoms with van der Waals surface area (Å²) in [4.78, 5) is 1.29. The first kappa shape index (κ1) is 12.2. The summed E-state index contributed by atoms with van der Waals surface area (Å²) in [7, 11) is 0. The van der Waals surface area contributed by atoms with Crippen molar-refractivity contribution in [1.82, 2.24) is 0 Å². The van der Waals surface area contributed by atoms with Gasteiger partial charge >= 0.3 is 0 Å². The summed E-state index contributed by atoms with van der Waals surface area (Å²) in [5.74, 6) is 1.16. The molecular weight excluding hydrogens is 258 g/mol. The molecule has 3 heteroatoms. The van der Waals surface area contributed by atoms with Crippen LogP contribution in [0.4, 0.5) is 0 Å². The summed E-state index contributed by atoms with van der Waals surface area (Å²) in [6.07, 6.45) is 0. The van der Waals surface area contributed by atoms with E-state index in [-0.39, 0.29) is 6.04 Å². The molecule has 0 amide bonds. The Labute approximate surface area is 98.8 Å². The Hall–Kier alpha value is 0.140. The van der Waals surface area contributed by atoms with Gasteiger partial charge in [-0.25, -0.2) is 0 Å². The predicted molar refractivity (Wildman–Crippen MR) is 67.7 cm³/mol. The van der Waals surface area contributed by atoms with Gasteiger partial charge in [0, 0.05) is 10.9 Å². The van der Waals surface area contributed by atoms with Crippen LogP contribution < -0.4 is 5.73 Å². The van der Waals surface area contributed by atoms with Crippen LogP contribution in [0.15, 0.2) is 9.85 Å². The molecule has 1 aromatic heterocycles. The zero-order valence-electron chi connectivity index (χ0n) is 9.17. The molecule has 14 heavy (non-hydrogen) atoms. The van der Waals surface area contributed by atoms with Crippen LogP contribution in [0, 0.1) is 18.8 Å². The summed E-state index contributed by atoms with van der Waals surface area (Å²) < 4.78 is 1.21. The number of hydrogen-bond donors (Lipinski definition) is 1. The van der Waals surface area contributed by atoms with E-state index in [1.165, 1.54) is 14.2 Å². The Kier molecular flexibility index (Phi) is 4.16. The van der Waals surface area contributed by atoms with E-state index in [1.807, 2.05) is 0 Å². The van der Waals surface area contributed by atoms with E-state index in [4.69, 9.17) is 5.73 Å². The van der Waals surface area contributed by atoms with E-state index in [1.54, 1.807) is 11.3 Å². The van der Waals surface area contributed by atoms with Crippen LogP contribution in [0.25, 0.3) is 0 Å². The first-order valence-electron chi connectivity index (χ1n) is 4.95.